The Morgan fingerprint density at radius 3 is 2.72 bits per heavy atom. The van der Waals surface area contributed by atoms with Gasteiger partial charge in [0, 0.05) is 31.7 Å². The van der Waals surface area contributed by atoms with E-state index in [1.807, 2.05) is 30.5 Å². The van der Waals surface area contributed by atoms with Crippen molar-refractivity contribution in [1.82, 2.24) is 14.9 Å². The molecule has 2 aromatic heterocycles. The molecule has 0 saturated carbocycles. The summed E-state index contributed by atoms with van der Waals surface area (Å²) >= 11 is 0. The number of likely N-dealkylation sites (N-methyl/N-ethyl adjacent to an activating group) is 1. The topological polar surface area (TPSA) is 55.0 Å². The van der Waals surface area contributed by atoms with Crippen LogP contribution in [0.1, 0.15) is 17.3 Å². The standard InChI is InChI=1S/C14H18N4/c1-18(11-12-5-4-7-16-10-12)14(9-15)13-6-2-3-8-17-13/h2-8,10,14H,9,11,15H2,1H3. The van der Waals surface area contributed by atoms with Gasteiger partial charge in [0.15, 0.2) is 0 Å². The first-order chi connectivity index (χ1) is 8.81. The molecule has 0 bridgehead atoms. The zero-order valence-corrected chi connectivity index (χ0v) is 10.5. The zero-order chi connectivity index (χ0) is 12.8. The van der Waals surface area contributed by atoms with Crippen LogP contribution in [0, 0.1) is 0 Å². The lowest BCUT2D eigenvalue weighted by Gasteiger charge is -2.26. The van der Waals surface area contributed by atoms with Crippen molar-refractivity contribution >= 4 is 0 Å². The maximum absolute atomic E-state index is 5.86. The molecule has 1 unspecified atom stereocenters. The molecular weight excluding hydrogens is 224 g/mol. The van der Waals surface area contributed by atoms with Crippen LogP contribution in [0.4, 0.5) is 0 Å². The predicted molar refractivity (Wildman–Crippen MR) is 71.7 cm³/mol. The van der Waals surface area contributed by atoms with E-state index in [0.29, 0.717) is 6.54 Å². The highest BCUT2D eigenvalue weighted by Crippen LogP contribution is 2.17. The van der Waals surface area contributed by atoms with Crippen LogP contribution in [0.2, 0.25) is 0 Å². The maximum Gasteiger partial charge on any atom is 0.0644 e. The van der Waals surface area contributed by atoms with Gasteiger partial charge in [-0.25, -0.2) is 0 Å². The molecule has 0 radical (unpaired) electrons. The lowest BCUT2D eigenvalue weighted by Crippen LogP contribution is -2.30. The Morgan fingerprint density at radius 2 is 2.11 bits per heavy atom. The van der Waals surface area contributed by atoms with E-state index in [2.05, 4.69) is 28.0 Å². The lowest BCUT2D eigenvalue weighted by molar-refractivity contribution is 0.237. The first kappa shape index (κ1) is 12.7. The smallest absolute Gasteiger partial charge is 0.0644 e. The summed E-state index contributed by atoms with van der Waals surface area (Å²) in [7, 11) is 2.05. The van der Waals surface area contributed by atoms with Crippen LogP contribution < -0.4 is 5.73 Å². The van der Waals surface area contributed by atoms with E-state index < -0.39 is 0 Å². The first-order valence-corrected chi connectivity index (χ1v) is 6.01. The van der Waals surface area contributed by atoms with Gasteiger partial charge in [-0.3, -0.25) is 14.9 Å². The van der Waals surface area contributed by atoms with Gasteiger partial charge in [0.25, 0.3) is 0 Å². The SMILES string of the molecule is CN(Cc1cccnc1)C(CN)c1ccccn1. The maximum atomic E-state index is 5.86. The van der Waals surface area contributed by atoms with Crippen LogP contribution in [0.3, 0.4) is 0 Å². The summed E-state index contributed by atoms with van der Waals surface area (Å²) in [5.74, 6) is 0. The Kier molecular flexibility index (Phi) is 4.39. The minimum absolute atomic E-state index is 0.131. The molecule has 2 aromatic rings. The third-order valence-electron chi connectivity index (χ3n) is 2.94. The van der Waals surface area contributed by atoms with E-state index in [9.17, 15) is 0 Å². The molecule has 0 aromatic carbocycles. The largest absolute Gasteiger partial charge is 0.329 e. The molecule has 94 valence electrons. The predicted octanol–water partition coefficient (Wildman–Crippen LogP) is 1.61. The molecule has 4 heteroatoms. The van der Waals surface area contributed by atoms with Crippen LogP contribution in [0.5, 0.6) is 0 Å². The van der Waals surface area contributed by atoms with Gasteiger partial charge in [-0.15, -0.1) is 0 Å². The average molecular weight is 242 g/mol. The van der Waals surface area contributed by atoms with E-state index in [4.69, 9.17) is 5.73 Å². The number of nitrogens with zero attached hydrogens (tertiary/aromatic N) is 3. The van der Waals surface area contributed by atoms with E-state index >= 15 is 0 Å². The summed E-state index contributed by atoms with van der Waals surface area (Å²) in [4.78, 5) is 10.7. The summed E-state index contributed by atoms with van der Waals surface area (Å²) in [6.45, 7) is 1.36. The highest BCUT2D eigenvalue weighted by molar-refractivity contribution is 5.12. The monoisotopic (exact) mass is 242 g/mol. The third kappa shape index (κ3) is 3.12. The fourth-order valence-corrected chi connectivity index (χ4v) is 1.99. The highest BCUT2D eigenvalue weighted by atomic mass is 15.1. The summed E-state index contributed by atoms with van der Waals surface area (Å²) in [5.41, 5.74) is 8.04. The van der Waals surface area contributed by atoms with Gasteiger partial charge in [-0.05, 0) is 30.8 Å². The van der Waals surface area contributed by atoms with Crippen molar-refractivity contribution in [1.29, 1.82) is 0 Å². The van der Waals surface area contributed by atoms with Crippen molar-refractivity contribution in [3.8, 4) is 0 Å². The molecule has 0 aliphatic heterocycles. The molecule has 0 spiro atoms. The Labute approximate surface area is 107 Å². The van der Waals surface area contributed by atoms with Crippen molar-refractivity contribution in [3.63, 3.8) is 0 Å². The molecule has 4 nitrogen and oxygen atoms in total. The van der Waals surface area contributed by atoms with Crippen LogP contribution in [0.25, 0.3) is 0 Å². The van der Waals surface area contributed by atoms with Gasteiger partial charge in [0.05, 0.1) is 11.7 Å². The van der Waals surface area contributed by atoms with E-state index in [-0.39, 0.29) is 6.04 Å². The fraction of sp³-hybridized carbons (Fsp3) is 0.286. The van der Waals surface area contributed by atoms with Gasteiger partial charge in [0.2, 0.25) is 0 Å². The lowest BCUT2D eigenvalue weighted by atomic mass is 10.1. The van der Waals surface area contributed by atoms with Crippen molar-refractivity contribution in [2.24, 2.45) is 5.73 Å². The van der Waals surface area contributed by atoms with Crippen molar-refractivity contribution in [2.75, 3.05) is 13.6 Å². The van der Waals surface area contributed by atoms with Gasteiger partial charge in [-0.1, -0.05) is 12.1 Å². The van der Waals surface area contributed by atoms with Crippen molar-refractivity contribution in [3.05, 3.63) is 60.2 Å². The summed E-state index contributed by atoms with van der Waals surface area (Å²) in [6, 6.07) is 10.1. The van der Waals surface area contributed by atoms with Crippen LogP contribution >= 0.6 is 0 Å². The first-order valence-electron chi connectivity index (χ1n) is 6.01. The van der Waals surface area contributed by atoms with Gasteiger partial charge >= 0.3 is 0 Å². The Hall–Kier alpha value is -1.78. The van der Waals surface area contributed by atoms with E-state index in [1.54, 1.807) is 12.4 Å². The van der Waals surface area contributed by atoms with Gasteiger partial charge < -0.3 is 5.73 Å². The number of hydrogen-bond acceptors (Lipinski definition) is 4. The molecule has 0 aliphatic rings. The molecule has 2 heterocycles. The van der Waals surface area contributed by atoms with Crippen LogP contribution in [-0.4, -0.2) is 28.5 Å². The average Bonchev–Trinajstić information content (AvgIpc) is 2.42. The Bertz CT molecular complexity index is 458. The fourth-order valence-electron chi connectivity index (χ4n) is 1.99. The summed E-state index contributed by atoms with van der Waals surface area (Å²) in [5, 5.41) is 0. The van der Waals surface area contributed by atoms with Gasteiger partial charge in [0.1, 0.15) is 0 Å². The van der Waals surface area contributed by atoms with Crippen LogP contribution in [-0.2, 0) is 6.54 Å². The minimum atomic E-state index is 0.131. The van der Waals surface area contributed by atoms with Gasteiger partial charge in [-0.2, -0.15) is 0 Å². The van der Waals surface area contributed by atoms with Crippen molar-refractivity contribution < 1.29 is 0 Å². The molecule has 0 saturated heterocycles. The molecule has 1 atom stereocenters. The number of rotatable bonds is 5. The molecule has 2 rings (SSSR count). The second kappa shape index (κ2) is 6.23. The molecule has 0 fully saturated rings. The van der Waals surface area contributed by atoms with E-state index in [1.165, 1.54) is 5.56 Å². The van der Waals surface area contributed by atoms with Crippen molar-refractivity contribution in [2.45, 2.75) is 12.6 Å². The summed E-state index contributed by atoms with van der Waals surface area (Å²) in [6.07, 6.45) is 5.46. The number of hydrogen-bond donors (Lipinski definition) is 1. The third-order valence-corrected chi connectivity index (χ3v) is 2.94. The molecule has 0 aliphatic carbocycles. The Morgan fingerprint density at radius 1 is 1.22 bits per heavy atom. The number of aromatic nitrogens is 2. The molecule has 0 amide bonds. The quantitative estimate of drug-likeness (QED) is 0.865. The number of nitrogens with two attached hydrogens (primary N) is 1. The second-order valence-corrected chi connectivity index (χ2v) is 4.28. The minimum Gasteiger partial charge on any atom is -0.329 e. The summed E-state index contributed by atoms with van der Waals surface area (Å²) < 4.78 is 0. The molecular formula is C14H18N4. The molecule has 2 N–H and O–H groups in total. The number of pyridine rings is 2. The highest BCUT2D eigenvalue weighted by Gasteiger charge is 2.16. The second-order valence-electron chi connectivity index (χ2n) is 4.28. The van der Waals surface area contributed by atoms with Crippen LogP contribution in [0.15, 0.2) is 48.9 Å². The zero-order valence-electron chi connectivity index (χ0n) is 10.5. The Balaban J connectivity index is 2.09. The normalized spacial score (nSPS) is 12.6. The van der Waals surface area contributed by atoms with E-state index in [0.717, 1.165) is 12.2 Å². The molecule has 18 heavy (non-hydrogen) atoms.